The molecule has 1 nitrogen and oxygen atoms in total. The molecule has 0 saturated heterocycles. The summed E-state index contributed by atoms with van der Waals surface area (Å²) >= 11 is 0. The Labute approximate surface area is 79.4 Å². The van der Waals surface area contributed by atoms with Gasteiger partial charge in [-0.3, -0.25) is 0 Å². The molecule has 0 aliphatic rings. The highest BCUT2D eigenvalue weighted by Crippen LogP contribution is 2.10. The van der Waals surface area contributed by atoms with Gasteiger partial charge < -0.3 is 5.11 Å². The fourth-order valence-corrected chi connectivity index (χ4v) is 1.27. The van der Waals surface area contributed by atoms with Crippen LogP contribution in [-0.2, 0) is 6.42 Å². The van der Waals surface area contributed by atoms with Crippen molar-refractivity contribution in [3.05, 3.63) is 34.9 Å². The zero-order chi connectivity index (χ0) is 9.68. The Morgan fingerprint density at radius 2 is 2.15 bits per heavy atom. The molecule has 0 radical (unpaired) electrons. The third-order valence-electron chi connectivity index (χ3n) is 2.04. The van der Waals surface area contributed by atoms with Gasteiger partial charge in [0.25, 0.3) is 0 Å². The topological polar surface area (TPSA) is 20.2 Å². The minimum atomic E-state index is -0.0741. The third kappa shape index (κ3) is 2.61. The Balaban J connectivity index is 2.99. The van der Waals surface area contributed by atoms with Gasteiger partial charge in [-0.2, -0.15) is 0 Å². The monoisotopic (exact) mass is 174 g/mol. The van der Waals surface area contributed by atoms with E-state index in [0.717, 1.165) is 12.0 Å². The van der Waals surface area contributed by atoms with E-state index in [1.807, 2.05) is 6.07 Å². The van der Waals surface area contributed by atoms with Crippen LogP contribution < -0.4 is 0 Å². The lowest BCUT2D eigenvalue weighted by Gasteiger charge is -2.02. The average molecular weight is 174 g/mol. The van der Waals surface area contributed by atoms with Crippen molar-refractivity contribution in [2.24, 2.45) is 0 Å². The molecular formula is C12H14O. The Morgan fingerprint density at radius 3 is 2.77 bits per heavy atom. The lowest BCUT2D eigenvalue weighted by molar-refractivity contribution is 0.350. The van der Waals surface area contributed by atoms with Crippen LogP contribution in [0.25, 0.3) is 0 Å². The van der Waals surface area contributed by atoms with Crippen LogP contribution in [0.1, 0.15) is 23.6 Å². The summed E-state index contributed by atoms with van der Waals surface area (Å²) in [6.45, 7) is 4.16. The number of rotatable bonds is 1. The van der Waals surface area contributed by atoms with Gasteiger partial charge in [0.2, 0.25) is 0 Å². The normalized spacial score (nSPS) is 9.15. The Bertz CT molecular complexity index is 342. The van der Waals surface area contributed by atoms with E-state index in [2.05, 4.69) is 37.8 Å². The fraction of sp³-hybridized carbons (Fsp3) is 0.333. The van der Waals surface area contributed by atoms with Crippen molar-refractivity contribution < 1.29 is 5.11 Å². The molecule has 0 aliphatic heterocycles. The number of aliphatic hydroxyl groups excluding tert-OH is 1. The Hall–Kier alpha value is -1.26. The molecule has 0 amide bonds. The second-order valence-corrected chi connectivity index (χ2v) is 2.95. The molecule has 1 aromatic rings. The van der Waals surface area contributed by atoms with Gasteiger partial charge >= 0.3 is 0 Å². The lowest BCUT2D eigenvalue weighted by atomic mass is 10.0. The smallest absolute Gasteiger partial charge is 0.104 e. The summed E-state index contributed by atoms with van der Waals surface area (Å²) in [4.78, 5) is 0. The van der Waals surface area contributed by atoms with Gasteiger partial charge in [-0.1, -0.05) is 24.8 Å². The predicted molar refractivity (Wildman–Crippen MR) is 54.5 cm³/mol. The van der Waals surface area contributed by atoms with E-state index in [1.54, 1.807) is 0 Å². The third-order valence-corrected chi connectivity index (χ3v) is 2.04. The molecule has 13 heavy (non-hydrogen) atoms. The van der Waals surface area contributed by atoms with Crippen LogP contribution >= 0.6 is 0 Å². The molecule has 1 heteroatoms. The Morgan fingerprint density at radius 1 is 1.38 bits per heavy atom. The molecule has 0 atom stereocenters. The molecule has 0 saturated carbocycles. The number of hydrogen-bond donors (Lipinski definition) is 1. The van der Waals surface area contributed by atoms with E-state index in [9.17, 15) is 0 Å². The zero-order valence-electron chi connectivity index (χ0n) is 8.09. The molecule has 1 rings (SSSR count). The number of aryl methyl sites for hydroxylation is 2. The summed E-state index contributed by atoms with van der Waals surface area (Å²) in [6.07, 6.45) is 1.03. The van der Waals surface area contributed by atoms with Crippen LogP contribution in [0.4, 0.5) is 0 Å². The van der Waals surface area contributed by atoms with Crippen LogP contribution in [0, 0.1) is 18.8 Å². The van der Waals surface area contributed by atoms with Crippen molar-refractivity contribution in [3.8, 4) is 11.8 Å². The summed E-state index contributed by atoms with van der Waals surface area (Å²) in [6, 6.07) is 6.13. The highest BCUT2D eigenvalue weighted by atomic mass is 16.2. The molecule has 1 aromatic carbocycles. The minimum Gasteiger partial charge on any atom is -0.384 e. The maximum absolute atomic E-state index is 8.54. The minimum absolute atomic E-state index is 0.0741. The first-order valence-electron chi connectivity index (χ1n) is 4.47. The maximum Gasteiger partial charge on any atom is 0.104 e. The molecule has 0 aliphatic carbocycles. The second kappa shape index (κ2) is 4.69. The largest absolute Gasteiger partial charge is 0.384 e. The van der Waals surface area contributed by atoms with Gasteiger partial charge in [-0.15, -0.1) is 0 Å². The first kappa shape index (κ1) is 9.83. The van der Waals surface area contributed by atoms with Crippen molar-refractivity contribution in [3.63, 3.8) is 0 Å². The molecule has 0 bridgehead atoms. The number of aliphatic hydroxyl groups is 1. The fourth-order valence-electron chi connectivity index (χ4n) is 1.27. The van der Waals surface area contributed by atoms with Gasteiger partial charge in [-0.25, -0.2) is 0 Å². The van der Waals surface area contributed by atoms with Crippen LogP contribution in [0.3, 0.4) is 0 Å². The molecule has 0 heterocycles. The van der Waals surface area contributed by atoms with E-state index in [-0.39, 0.29) is 6.61 Å². The highest BCUT2D eigenvalue weighted by molar-refractivity contribution is 5.40. The quantitative estimate of drug-likeness (QED) is 0.645. The van der Waals surface area contributed by atoms with Crippen LogP contribution in [0.15, 0.2) is 18.2 Å². The van der Waals surface area contributed by atoms with Crippen LogP contribution in [-0.4, -0.2) is 11.7 Å². The van der Waals surface area contributed by atoms with Gasteiger partial charge in [0, 0.05) is 5.56 Å². The molecule has 0 aromatic heterocycles. The summed E-state index contributed by atoms with van der Waals surface area (Å²) in [5.41, 5.74) is 3.61. The van der Waals surface area contributed by atoms with E-state index in [4.69, 9.17) is 5.11 Å². The molecule has 0 fully saturated rings. The molecule has 0 spiro atoms. The predicted octanol–water partition coefficient (Wildman–Crippen LogP) is 1.90. The van der Waals surface area contributed by atoms with Crippen molar-refractivity contribution in [2.75, 3.05) is 6.61 Å². The van der Waals surface area contributed by atoms with E-state index >= 15 is 0 Å². The summed E-state index contributed by atoms with van der Waals surface area (Å²) in [7, 11) is 0. The molecule has 68 valence electrons. The summed E-state index contributed by atoms with van der Waals surface area (Å²) < 4.78 is 0. The second-order valence-electron chi connectivity index (χ2n) is 2.95. The first-order chi connectivity index (χ1) is 6.27. The van der Waals surface area contributed by atoms with Gasteiger partial charge in [-0.05, 0) is 36.6 Å². The standard InChI is InChI=1S/C12H14O/c1-3-12-9-11(5-4-8-13)7-6-10(12)2/h6-7,9,13H,3,8H2,1-2H3. The zero-order valence-corrected chi connectivity index (χ0v) is 8.09. The average Bonchev–Trinajstić information content (AvgIpc) is 2.16. The van der Waals surface area contributed by atoms with E-state index in [0.29, 0.717) is 0 Å². The van der Waals surface area contributed by atoms with Crippen molar-refractivity contribution >= 4 is 0 Å². The van der Waals surface area contributed by atoms with Gasteiger partial charge in [0.05, 0.1) is 0 Å². The SMILES string of the molecule is CCc1cc(C#CCO)ccc1C. The number of benzene rings is 1. The van der Waals surface area contributed by atoms with Crippen LogP contribution in [0.5, 0.6) is 0 Å². The van der Waals surface area contributed by atoms with Crippen molar-refractivity contribution in [2.45, 2.75) is 20.3 Å². The lowest BCUT2D eigenvalue weighted by Crippen LogP contribution is -1.87. The van der Waals surface area contributed by atoms with Crippen LogP contribution in [0.2, 0.25) is 0 Å². The molecule has 1 N–H and O–H groups in total. The van der Waals surface area contributed by atoms with Crippen molar-refractivity contribution in [1.82, 2.24) is 0 Å². The van der Waals surface area contributed by atoms with Crippen molar-refractivity contribution in [1.29, 1.82) is 0 Å². The summed E-state index contributed by atoms with van der Waals surface area (Å²) in [5, 5.41) is 8.54. The molecular weight excluding hydrogens is 160 g/mol. The number of hydrogen-bond acceptors (Lipinski definition) is 1. The summed E-state index contributed by atoms with van der Waals surface area (Å²) in [5.74, 6) is 5.54. The van der Waals surface area contributed by atoms with E-state index in [1.165, 1.54) is 11.1 Å². The molecule has 0 unspecified atom stereocenters. The Kier molecular flexibility index (Phi) is 3.54. The first-order valence-corrected chi connectivity index (χ1v) is 4.47. The van der Waals surface area contributed by atoms with E-state index < -0.39 is 0 Å². The maximum atomic E-state index is 8.54. The van der Waals surface area contributed by atoms with Gasteiger partial charge in [0.15, 0.2) is 0 Å². The highest BCUT2D eigenvalue weighted by Gasteiger charge is 1.95. The van der Waals surface area contributed by atoms with Gasteiger partial charge in [0.1, 0.15) is 6.61 Å².